The summed E-state index contributed by atoms with van der Waals surface area (Å²) in [6, 6.07) is 1.70. The summed E-state index contributed by atoms with van der Waals surface area (Å²) in [4.78, 5) is 8.32. The topological polar surface area (TPSA) is 70.3 Å². The van der Waals surface area contributed by atoms with Gasteiger partial charge in [-0.15, -0.1) is 0 Å². The summed E-state index contributed by atoms with van der Waals surface area (Å²) in [7, 11) is 3.12. The fourth-order valence-corrected chi connectivity index (χ4v) is 1.42. The Bertz CT molecular complexity index is 499. The number of methoxy groups -OCH3 is 2. The first-order valence-corrected chi connectivity index (χ1v) is 4.39. The fourth-order valence-electron chi connectivity index (χ4n) is 1.42. The number of hydrogen-bond acceptors (Lipinski definition) is 5. The summed E-state index contributed by atoms with van der Waals surface area (Å²) in [6.45, 7) is 0. The normalized spacial score (nSPS) is 10.3. The molecule has 78 valence electrons. The lowest BCUT2D eigenvalue weighted by Gasteiger charge is -2.10. The van der Waals surface area contributed by atoms with Crippen LogP contribution in [0.4, 0.5) is 5.69 Å². The zero-order valence-electron chi connectivity index (χ0n) is 8.52. The Morgan fingerprint density at radius 1 is 1.00 bits per heavy atom. The second-order valence-corrected chi connectivity index (χ2v) is 2.95. The molecule has 0 bridgehead atoms. The zero-order chi connectivity index (χ0) is 10.8. The Balaban J connectivity index is 2.84. The molecule has 2 N–H and O–H groups in total. The van der Waals surface area contributed by atoms with E-state index in [0.717, 1.165) is 0 Å². The standard InChI is InChI=1S/C10H11N3O2/c1-14-6-5-7(15-2)9-10(8(6)11)13-4-3-12-9/h3-5H,11H2,1-2H3. The number of rotatable bonds is 2. The number of benzene rings is 1. The highest BCUT2D eigenvalue weighted by molar-refractivity contribution is 5.94. The summed E-state index contributed by atoms with van der Waals surface area (Å²) in [5.74, 6) is 1.14. The van der Waals surface area contributed by atoms with Crippen molar-refractivity contribution < 1.29 is 9.47 Å². The van der Waals surface area contributed by atoms with Crippen LogP contribution in [-0.2, 0) is 0 Å². The lowest BCUT2D eigenvalue weighted by molar-refractivity contribution is 0.398. The van der Waals surface area contributed by atoms with Crippen LogP contribution in [0.2, 0.25) is 0 Å². The fraction of sp³-hybridized carbons (Fsp3) is 0.200. The van der Waals surface area contributed by atoms with Crippen LogP contribution < -0.4 is 15.2 Å². The largest absolute Gasteiger partial charge is 0.494 e. The number of nitrogens with zero attached hydrogens (tertiary/aromatic N) is 2. The number of aromatic nitrogens is 2. The van der Waals surface area contributed by atoms with Crippen LogP contribution in [0.3, 0.4) is 0 Å². The molecule has 2 aromatic rings. The second kappa shape index (κ2) is 3.61. The van der Waals surface area contributed by atoms with Gasteiger partial charge >= 0.3 is 0 Å². The Kier molecular flexibility index (Phi) is 2.29. The number of nitrogens with two attached hydrogens (primary N) is 1. The van der Waals surface area contributed by atoms with Crippen molar-refractivity contribution >= 4 is 16.7 Å². The van der Waals surface area contributed by atoms with Gasteiger partial charge in [-0.05, 0) is 0 Å². The maximum atomic E-state index is 5.87. The molecule has 0 saturated heterocycles. The van der Waals surface area contributed by atoms with E-state index in [0.29, 0.717) is 28.2 Å². The highest BCUT2D eigenvalue weighted by Gasteiger charge is 2.12. The van der Waals surface area contributed by atoms with Crippen molar-refractivity contribution in [1.29, 1.82) is 0 Å². The third-order valence-electron chi connectivity index (χ3n) is 2.15. The van der Waals surface area contributed by atoms with E-state index in [1.165, 1.54) is 0 Å². The van der Waals surface area contributed by atoms with E-state index < -0.39 is 0 Å². The smallest absolute Gasteiger partial charge is 0.150 e. The van der Waals surface area contributed by atoms with Crippen LogP contribution in [0, 0.1) is 0 Å². The molecule has 0 radical (unpaired) electrons. The minimum atomic E-state index is 0.474. The van der Waals surface area contributed by atoms with Gasteiger partial charge in [0.1, 0.15) is 22.5 Å². The molecule has 1 aromatic carbocycles. The van der Waals surface area contributed by atoms with Crippen LogP contribution >= 0.6 is 0 Å². The second-order valence-electron chi connectivity index (χ2n) is 2.95. The van der Waals surface area contributed by atoms with E-state index in [1.807, 2.05) is 0 Å². The average molecular weight is 205 g/mol. The van der Waals surface area contributed by atoms with E-state index in [-0.39, 0.29) is 0 Å². The third kappa shape index (κ3) is 1.41. The molecule has 1 heterocycles. The minimum Gasteiger partial charge on any atom is -0.494 e. The van der Waals surface area contributed by atoms with Crippen LogP contribution in [0.1, 0.15) is 0 Å². The van der Waals surface area contributed by atoms with Gasteiger partial charge in [0, 0.05) is 18.5 Å². The van der Waals surface area contributed by atoms with Gasteiger partial charge in [0.25, 0.3) is 0 Å². The Morgan fingerprint density at radius 2 is 1.60 bits per heavy atom. The number of nitrogen functional groups attached to an aromatic ring is 1. The SMILES string of the molecule is COc1cc(OC)c2nccnc2c1N. The van der Waals surface area contributed by atoms with E-state index in [9.17, 15) is 0 Å². The van der Waals surface area contributed by atoms with E-state index >= 15 is 0 Å². The lowest BCUT2D eigenvalue weighted by atomic mass is 10.2. The quantitative estimate of drug-likeness (QED) is 0.746. The van der Waals surface area contributed by atoms with E-state index in [2.05, 4.69) is 9.97 Å². The summed E-state index contributed by atoms with van der Waals surface area (Å²) in [6.07, 6.45) is 3.17. The lowest BCUT2D eigenvalue weighted by Crippen LogP contribution is -1.98. The number of ether oxygens (including phenoxy) is 2. The monoisotopic (exact) mass is 205 g/mol. The van der Waals surface area contributed by atoms with Gasteiger partial charge in [0.2, 0.25) is 0 Å². The van der Waals surface area contributed by atoms with Crippen molar-refractivity contribution in [1.82, 2.24) is 9.97 Å². The summed E-state index contributed by atoms with van der Waals surface area (Å²) >= 11 is 0. The molecule has 5 heteroatoms. The zero-order valence-corrected chi connectivity index (χ0v) is 8.52. The van der Waals surface area contributed by atoms with Crippen molar-refractivity contribution in [2.45, 2.75) is 0 Å². The maximum Gasteiger partial charge on any atom is 0.150 e. The number of hydrogen-bond donors (Lipinski definition) is 1. The Labute approximate surface area is 86.8 Å². The highest BCUT2D eigenvalue weighted by Crippen LogP contribution is 2.34. The molecule has 5 nitrogen and oxygen atoms in total. The van der Waals surface area contributed by atoms with E-state index in [4.69, 9.17) is 15.2 Å². The molecule has 0 atom stereocenters. The van der Waals surface area contributed by atoms with Crippen molar-refractivity contribution in [2.24, 2.45) is 0 Å². The third-order valence-corrected chi connectivity index (χ3v) is 2.15. The molecule has 0 spiro atoms. The average Bonchev–Trinajstić information content (AvgIpc) is 2.30. The van der Waals surface area contributed by atoms with E-state index in [1.54, 1.807) is 32.7 Å². The van der Waals surface area contributed by atoms with Gasteiger partial charge in [0.05, 0.1) is 14.2 Å². The predicted octanol–water partition coefficient (Wildman–Crippen LogP) is 1.23. The molecule has 0 aliphatic heterocycles. The van der Waals surface area contributed by atoms with Gasteiger partial charge in [0.15, 0.2) is 5.75 Å². The summed E-state index contributed by atoms with van der Waals surface area (Å²) in [5.41, 5.74) is 7.57. The van der Waals surface area contributed by atoms with Crippen LogP contribution in [-0.4, -0.2) is 24.2 Å². The molecule has 1 aromatic heterocycles. The van der Waals surface area contributed by atoms with Crippen molar-refractivity contribution in [3.63, 3.8) is 0 Å². The first-order chi connectivity index (χ1) is 7.27. The Morgan fingerprint density at radius 3 is 2.20 bits per heavy atom. The number of anilines is 1. The van der Waals surface area contributed by atoms with Crippen molar-refractivity contribution in [3.05, 3.63) is 18.5 Å². The van der Waals surface area contributed by atoms with Crippen molar-refractivity contribution in [2.75, 3.05) is 20.0 Å². The Hall–Kier alpha value is -2.04. The summed E-state index contributed by atoms with van der Waals surface area (Å²) in [5, 5.41) is 0. The molecule has 0 aliphatic rings. The first-order valence-electron chi connectivity index (χ1n) is 4.39. The van der Waals surface area contributed by atoms with Gasteiger partial charge in [-0.25, -0.2) is 4.98 Å². The van der Waals surface area contributed by atoms with Gasteiger partial charge in [-0.1, -0.05) is 0 Å². The molecule has 15 heavy (non-hydrogen) atoms. The molecule has 0 unspecified atom stereocenters. The predicted molar refractivity (Wildman–Crippen MR) is 57.1 cm³/mol. The van der Waals surface area contributed by atoms with Gasteiger partial charge in [-0.3, -0.25) is 4.98 Å². The number of fused-ring (bicyclic) bond motifs is 1. The first kappa shape index (κ1) is 9.51. The van der Waals surface area contributed by atoms with Crippen LogP contribution in [0.15, 0.2) is 18.5 Å². The highest BCUT2D eigenvalue weighted by atomic mass is 16.5. The molecule has 2 rings (SSSR count). The van der Waals surface area contributed by atoms with Crippen LogP contribution in [0.5, 0.6) is 11.5 Å². The summed E-state index contributed by atoms with van der Waals surface area (Å²) < 4.78 is 10.3. The molecular weight excluding hydrogens is 194 g/mol. The molecule has 0 fully saturated rings. The molecule has 0 saturated carbocycles. The van der Waals surface area contributed by atoms with Crippen molar-refractivity contribution in [3.8, 4) is 11.5 Å². The van der Waals surface area contributed by atoms with Gasteiger partial charge < -0.3 is 15.2 Å². The molecule has 0 aliphatic carbocycles. The minimum absolute atomic E-state index is 0.474. The van der Waals surface area contributed by atoms with Crippen LogP contribution in [0.25, 0.3) is 11.0 Å². The molecular formula is C10H11N3O2. The maximum absolute atomic E-state index is 5.87. The van der Waals surface area contributed by atoms with Gasteiger partial charge in [-0.2, -0.15) is 0 Å². The molecule has 0 amide bonds.